The molecule has 0 radical (unpaired) electrons. The van der Waals surface area contributed by atoms with Crippen molar-refractivity contribution in [3.63, 3.8) is 0 Å². The third-order valence-electron chi connectivity index (χ3n) is 3.17. The molecule has 2 heterocycles. The molecule has 2 saturated heterocycles. The van der Waals surface area contributed by atoms with Crippen LogP contribution in [-0.4, -0.2) is 32.5 Å². The highest BCUT2D eigenvalue weighted by molar-refractivity contribution is 6.69. The summed E-state index contributed by atoms with van der Waals surface area (Å²) in [5, 5.41) is 9.59. The fraction of sp³-hybridized carbons (Fsp3) is 1.00. The molecule has 3 atom stereocenters. The maximum Gasteiger partial charge on any atom is 0.341 e. The van der Waals surface area contributed by atoms with E-state index >= 15 is 0 Å². The minimum Gasteiger partial charge on any atom is -0.391 e. The second-order valence-electron chi connectivity index (χ2n) is 4.39. The van der Waals surface area contributed by atoms with Gasteiger partial charge in [0.1, 0.15) is 6.10 Å². The normalized spacial score (nSPS) is 45.2. The molecule has 2 rings (SSSR count). The van der Waals surface area contributed by atoms with Gasteiger partial charge in [-0.05, 0) is 24.4 Å². The molecule has 2 fully saturated rings. The minimum atomic E-state index is -1.91. The van der Waals surface area contributed by atoms with Crippen molar-refractivity contribution in [3.05, 3.63) is 0 Å². The van der Waals surface area contributed by atoms with Gasteiger partial charge in [-0.25, -0.2) is 0 Å². The van der Waals surface area contributed by atoms with E-state index in [9.17, 15) is 5.11 Å². The Balaban J connectivity index is 2.13. The Kier molecular flexibility index (Phi) is 2.48. The Morgan fingerprint density at radius 2 is 2.23 bits per heavy atom. The van der Waals surface area contributed by atoms with Crippen LogP contribution in [0.3, 0.4) is 0 Å². The maximum absolute atomic E-state index is 9.59. The number of hydrogen-bond donors (Lipinski definition) is 1. The summed E-state index contributed by atoms with van der Waals surface area (Å²) in [7, 11) is -1.91. The van der Waals surface area contributed by atoms with Crippen LogP contribution in [0.4, 0.5) is 0 Å². The van der Waals surface area contributed by atoms with Crippen LogP contribution in [0.5, 0.6) is 0 Å². The third-order valence-corrected chi connectivity index (χ3v) is 7.34. The largest absolute Gasteiger partial charge is 0.391 e. The van der Waals surface area contributed by atoms with Gasteiger partial charge in [0.05, 0.1) is 12.7 Å². The molecule has 0 aromatic carbocycles. The molecule has 76 valence electrons. The lowest BCUT2D eigenvalue weighted by molar-refractivity contribution is -0.0769. The molecule has 4 heteroatoms. The van der Waals surface area contributed by atoms with E-state index < -0.39 is 8.56 Å². The van der Waals surface area contributed by atoms with Crippen molar-refractivity contribution in [1.82, 2.24) is 0 Å². The minimum absolute atomic E-state index is 0.0663. The molecule has 13 heavy (non-hydrogen) atoms. The van der Waals surface area contributed by atoms with Crippen molar-refractivity contribution in [1.29, 1.82) is 0 Å². The molecule has 2 aliphatic rings. The summed E-state index contributed by atoms with van der Waals surface area (Å²) in [5.74, 6) is 0. The van der Waals surface area contributed by atoms with Crippen LogP contribution in [0.2, 0.25) is 11.6 Å². The summed E-state index contributed by atoms with van der Waals surface area (Å²) in [6, 6.07) is 1.11. The molecule has 0 amide bonds. The second-order valence-corrected chi connectivity index (χ2v) is 8.20. The van der Waals surface area contributed by atoms with Crippen LogP contribution >= 0.6 is 0 Å². The first-order valence-corrected chi connectivity index (χ1v) is 7.24. The molecule has 0 spiro atoms. The van der Waals surface area contributed by atoms with E-state index in [0.29, 0.717) is 12.1 Å². The number of aliphatic hydroxyl groups excluding tert-OH is 1. The van der Waals surface area contributed by atoms with Gasteiger partial charge in [0.2, 0.25) is 0 Å². The Hall–Kier alpha value is 0.0969. The van der Waals surface area contributed by atoms with Gasteiger partial charge in [0.25, 0.3) is 0 Å². The summed E-state index contributed by atoms with van der Waals surface area (Å²) in [6.45, 7) is 4.84. The van der Waals surface area contributed by atoms with Gasteiger partial charge in [0, 0.05) is 0 Å². The third kappa shape index (κ3) is 1.56. The predicted molar refractivity (Wildman–Crippen MR) is 51.7 cm³/mol. The van der Waals surface area contributed by atoms with Crippen LogP contribution in [0.25, 0.3) is 0 Å². The van der Waals surface area contributed by atoms with Gasteiger partial charge < -0.3 is 14.0 Å². The highest BCUT2D eigenvalue weighted by Gasteiger charge is 2.50. The zero-order chi connectivity index (χ0) is 9.47. The van der Waals surface area contributed by atoms with Crippen LogP contribution in [-0.2, 0) is 8.85 Å². The van der Waals surface area contributed by atoms with Crippen molar-refractivity contribution < 1.29 is 14.0 Å². The number of aliphatic hydroxyl groups is 1. The van der Waals surface area contributed by atoms with Crippen LogP contribution < -0.4 is 0 Å². The topological polar surface area (TPSA) is 38.7 Å². The summed E-state index contributed by atoms with van der Waals surface area (Å²) in [4.78, 5) is 0. The second kappa shape index (κ2) is 3.35. The van der Waals surface area contributed by atoms with E-state index in [1.54, 1.807) is 0 Å². The first-order chi connectivity index (χ1) is 6.14. The summed E-state index contributed by atoms with van der Waals surface area (Å²) in [5.41, 5.74) is 0.503. The van der Waals surface area contributed by atoms with Crippen molar-refractivity contribution in [2.45, 2.75) is 50.5 Å². The lowest BCUT2D eigenvalue weighted by Gasteiger charge is -2.47. The van der Waals surface area contributed by atoms with E-state index in [0.717, 1.165) is 18.9 Å². The Morgan fingerprint density at radius 1 is 1.46 bits per heavy atom. The molecule has 2 bridgehead atoms. The standard InChI is InChI=1S/C9H18O3Si/c1-7(2)13-5-3-4-9(12-13)8(10)6-11-13/h7-10H,3-6H2,1-2H3. The summed E-state index contributed by atoms with van der Waals surface area (Å²) < 4.78 is 11.7. The molecular formula is C9H18O3Si. The van der Waals surface area contributed by atoms with E-state index in [2.05, 4.69) is 13.8 Å². The smallest absolute Gasteiger partial charge is 0.341 e. The van der Waals surface area contributed by atoms with Crippen molar-refractivity contribution in [2.75, 3.05) is 6.61 Å². The molecule has 0 saturated carbocycles. The van der Waals surface area contributed by atoms with Gasteiger partial charge in [0.15, 0.2) is 0 Å². The maximum atomic E-state index is 9.59. The first-order valence-electron chi connectivity index (χ1n) is 5.14. The fourth-order valence-electron chi connectivity index (χ4n) is 2.23. The monoisotopic (exact) mass is 202 g/mol. The molecule has 3 nitrogen and oxygen atoms in total. The van der Waals surface area contributed by atoms with Crippen LogP contribution in [0.1, 0.15) is 26.7 Å². The quantitative estimate of drug-likeness (QED) is 0.653. The van der Waals surface area contributed by atoms with Crippen LogP contribution in [0, 0.1) is 0 Å². The summed E-state index contributed by atoms with van der Waals surface area (Å²) in [6.07, 6.45) is 1.84. The Bertz CT molecular complexity index is 197. The van der Waals surface area contributed by atoms with Crippen molar-refractivity contribution in [2.24, 2.45) is 0 Å². The summed E-state index contributed by atoms with van der Waals surface area (Å²) >= 11 is 0. The predicted octanol–water partition coefficient (Wildman–Crippen LogP) is 1.41. The molecule has 0 aliphatic carbocycles. The Labute approximate surface area is 80.3 Å². The molecule has 0 aromatic heterocycles. The van der Waals surface area contributed by atoms with E-state index in [4.69, 9.17) is 8.85 Å². The van der Waals surface area contributed by atoms with Crippen molar-refractivity contribution in [3.8, 4) is 0 Å². The highest BCUT2D eigenvalue weighted by atomic mass is 28.4. The van der Waals surface area contributed by atoms with Gasteiger partial charge in [-0.1, -0.05) is 13.8 Å². The highest BCUT2D eigenvalue weighted by Crippen LogP contribution is 2.39. The molecule has 3 unspecified atom stereocenters. The number of fused-ring (bicyclic) bond motifs is 2. The average molecular weight is 202 g/mol. The zero-order valence-electron chi connectivity index (χ0n) is 8.32. The molecule has 1 N–H and O–H groups in total. The fourth-order valence-corrected chi connectivity index (χ4v) is 5.68. The molecule has 0 aromatic rings. The lowest BCUT2D eigenvalue weighted by Crippen LogP contribution is -2.59. The Morgan fingerprint density at radius 3 is 2.92 bits per heavy atom. The molecule has 2 aliphatic heterocycles. The van der Waals surface area contributed by atoms with E-state index in [-0.39, 0.29) is 12.2 Å². The van der Waals surface area contributed by atoms with Gasteiger partial charge in [-0.3, -0.25) is 0 Å². The number of rotatable bonds is 1. The van der Waals surface area contributed by atoms with Gasteiger partial charge in [-0.2, -0.15) is 0 Å². The van der Waals surface area contributed by atoms with Gasteiger partial charge in [-0.15, -0.1) is 0 Å². The first kappa shape index (κ1) is 9.64. The SMILES string of the molecule is CC(C)[Si]12CCCC(O1)C(O)CO2. The lowest BCUT2D eigenvalue weighted by atomic mass is 10.1. The van der Waals surface area contributed by atoms with E-state index in [1.165, 1.54) is 0 Å². The number of hydrogen-bond acceptors (Lipinski definition) is 3. The van der Waals surface area contributed by atoms with Gasteiger partial charge >= 0.3 is 8.56 Å². The molecular weight excluding hydrogens is 184 g/mol. The van der Waals surface area contributed by atoms with Crippen LogP contribution in [0.15, 0.2) is 0 Å². The average Bonchev–Trinajstić information content (AvgIpc) is 2.13. The van der Waals surface area contributed by atoms with Crippen molar-refractivity contribution >= 4 is 8.56 Å². The van der Waals surface area contributed by atoms with E-state index in [1.807, 2.05) is 0 Å². The zero-order valence-corrected chi connectivity index (χ0v) is 9.32.